The molecule has 13 heteroatoms. The van der Waals surface area contributed by atoms with Crippen LogP contribution >= 0.6 is 11.6 Å². The van der Waals surface area contributed by atoms with Crippen molar-refractivity contribution in [3.63, 3.8) is 0 Å². The number of fused-ring (bicyclic) bond motifs is 1. The maximum atomic E-state index is 13.0. The largest absolute Gasteiger partial charge is 0.469 e. The molecule has 0 bridgehead atoms. The van der Waals surface area contributed by atoms with E-state index in [2.05, 4.69) is 49.6 Å². The zero-order valence-corrected chi connectivity index (χ0v) is 30.7. The third-order valence-corrected chi connectivity index (χ3v) is 6.89. The summed E-state index contributed by atoms with van der Waals surface area (Å²) >= 11 is 6.28. The van der Waals surface area contributed by atoms with E-state index in [0.29, 0.717) is 21.6 Å². The van der Waals surface area contributed by atoms with Crippen LogP contribution in [0.1, 0.15) is 80.9 Å². The Kier molecular flexibility index (Phi) is 16.9. The van der Waals surface area contributed by atoms with Crippen LogP contribution in [0.3, 0.4) is 0 Å². The number of hydrazine groups is 1. The number of halogens is 1. The Morgan fingerprint density at radius 1 is 1.00 bits per heavy atom. The van der Waals surface area contributed by atoms with Crippen LogP contribution < -0.4 is 21.9 Å². The van der Waals surface area contributed by atoms with E-state index in [0.717, 1.165) is 41.6 Å². The first-order chi connectivity index (χ1) is 24.2. The molecule has 0 radical (unpaired) electrons. The first-order valence-electron chi connectivity index (χ1n) is 16.1. The number of aromatic nitrogens is 2. The van der Waals surface area contributed by atoms with Gasteiger partial charge in [-0.05, 0) is 70.0 Å². The number of methoxy groups -OCH3 is 1. The molecule has 0 saturated heterocycles. The molecule has 2 aromatic heterocycles. The molecule has 12 nitrogen and oxygen atoms in total. The number of nitrogen functional groups attached to an aromatic ring is 1. The summed E-state index contributed by atoms with van der Waals surface area (Å²) in [4.78, 5) is 53.0. The molecule has 3 amide bonds. The Bertz CT molecular complexity index is 1860. The fourth-order valence-electron chi connectivity index (χ4n) is 4.07. The summed E-state index contributed by atoms with van der Waals surface area (Å²) in [6, 6.07) is 16.4. The standard InChI is InChI=1S/C29H26ClN5O3.C6H13NO.C3H6O2/c1-17-5-9-19(23(30)13-17)10-6-18-7-11-20(12-8-18)24-14-21(22-16-32-26(31)15-25(22)33-24)27(36)34-35-28(37)38-29(2,3)4;1-2-3-4-5-7-6-8;1-3(4)5-2/h5,7-9,11-16H,1-4H3,(H2,31,32)(H,34,36)(H,35,37);6H,2-5H2,1H3,(H,7,8);1-2H3. The summed E-state index contributed by atoms with van der Waals surface area (Å²) in [6.07, 6.45) is 4.96. The Morgan fingerprint density at radius 2 is 1.69 bits per heavy atom. The monoisotopic (exact) mass is 716 g/mol. The van der Waals surface area contributed by atoms with Gasteiger partial charge in [-0.2, -0.15) is 0 Å². The summed E-state index contributed by atoms with van der Waals surface area (Å²) < 4.78 is 9.28. The predicted octanol–water partition coefficient (Wildman–Crippen LogP) is 6.51. The quantitative estimate of drug-likeness (QED) is 0.0546. The summed E-state index contributed by atoms with van der Waals surface area (Å²) in [5.41, 5.74) is 14.4. The number of hydrogen-bond donors (Lipinski definition) is 4. The molecular formula is C38H45ClN6O6. The van der Waals surface area contributed by atoms with Gasteiger partial charge in [0.25, 0.3) is 5.91 Å². The fourth-order valence-corrected chi connectivity index (χ4v) is 4.36. The van der Waals surface area contributed by atoms with E-state index >= 15 is 0 Å². The minimum Gasteiger partial charge on any atom is -0.469 e. The predicted molar refractivity (Wildman–Crippen MR) is 200 cm³/mol. The van der Waals surface area contributed by atoms with Gasteiger partial charge in [0.1, 0.15) is 11.4 Å². The number of nitrogens with one attached hydrogen (secondary N) is 3. The highest BCUT2D eigenvalue weighted by atomic mass is 35.5. The lowest BCUT2D eigenvalue weighted by Gasteiger charge is -2.20. The Balaban J connectivity index is 0.000000590. The average molecular weight is 717 g/mol. The minimum absolute atomic E-state index is 0.245. The molecule has 0 spiro atoms. The number of carbonyl (C=O) groups is 4. The SMILES string of the molecule is CCCCCNC=O.COC(C)=O.Cc1ccc(C#Cc2ccc(-c3cc(C(=O)NNC(=O)OC(C)(C)C)c4cnc(N)cc4n3)cc2)c(Cl)c1. The van der Waals surface area contributed by atoms with Crippen molar-refractivity contribution in [1.82, 2.24) is 26.1 Å². The summed E-state index contributed by atoms with van der Waals surface area (Å²) in [7, 11) is 1.35. The molecule has 0 unspecified atom stereocenters. The first kappa shape index (κ1) is 41.5. The molecule has 270 valence electrons. The molecular weight excluding hydrogens is 672 g/mol. The molecule has 0 aliphatic heterocycles. The number of nitrogens with zero attached hydrogens (tertiary/aromatic N) is 2. The van der Waals surface area contributed by atoms with E-state index in [1.807, 2.05) is 49.4 Å². The number of carbonyl (C=O) groups excluding carboxylic acids is 4. The molecule has 0 atom stereocenters. The third kappa shape index (κ3) is 15.2. The second kappa shape index (κ2) is 20.8. The van der Waals surface area contributed by atoms with Gasteiger partial charge >= 0.3 is 12.1 Å². The third-order valence-electron chi connectivity index (χ3n) is 6.58. The zero-order chi connectivity index (χ0) is 38.0. The van der Waals surface area contributed by atoms with E-state index in [9.17, 15) is 19.2 Å². The maximum absolute atomic E-state index is 13.0. The number of hydrogen-bond acceptors (Lipinski definition) is 9. The van der Waals surface area contributed by atoms with E-state index < -0.39 is 17.6 Å². The van der Waals surface area contributed by atoms with Crippen LogP contribution in [0.4, 0.5) is 10.6 Å². The van der Waals surface area contributed by atoms with Gasteiger partial charge in [-0.1, -0.05) is 61.4 Å². The number of unbranched alkanes of at least 4 members (excludes halogenated alkanes) is 2. The lowest BCUT2D eigenvalue weighted by Crippen LogP contribution is -2.44. The van der Waals surface area contributed by atoms with Crippen molar-refractivity contribution in [2.75, 3.05) is 19.4 Å². The normalized spacial score (nSPS) is 10.1. The van der Waals surface area contributed by atoms with Crippen LogP contribution in [0.25, 0.3) is 22.2 Å². The number of benzene rings is 2. The van der Waals surface area contributed by atoms with E-state index in [-0.39, 0.29) is 17.4 Å². The van der Waals surface area contributed by atoms with Crippen molar-refractivity contribution in [2.45, 2.75) is 66.4 Å². The average Bonchev–Trinajstić information content (AvgIpc) is 3.08. The number of anilines is 1. The second-order valence-electron chi connectivity index (χ2n) is 12.0. The summed E-state index contributed by atoms with van der Waals surface area (Å²) in [5, 5.41) is 3.69. The van der Waals surface area contributed by atoms with Gasteiger partial charge in [0, 0.05) is 47.8 Å². The minimum atomic E-state index is -0.782. The van der Waals surface area contributed by atoms with Crippen molar-refractivity contribution in [1.29, 1.82) is 0 Å². The Labute approximate surface area is 303 Å². The number of rotatable bonds is 7. The number of esters is 1. The Hall–Kier alpha value is -5.67. The fraction of sp³-hybridized carbons (Fsp3) is 0.316. The van der Waals surface area contributed by atoms with Crippen LogP contribution in [-0.2, 0) is 19.1 Å². The molecule has 5 N–H and O–H groups in total. The van der Waals surface area contributed by atoms with Gasteiger partial charge < -0.3 is 20.5 Å². The number of aryl methyl sites for hydroxylation is 1. The number of nitrogens with two attached hydrogens (primary N) is 1. The van der Waals surface area contributed by atoms with Crippen LogP contribution in [0, 0.1) is 18.8 Å². The second-order valence-corrected chi connectivity index (χ2v) is 12.5. The van der Waals surface area contributed by atoms with Crippen molar-refractivity contribution in [3.8, 4) is 23.1 Å². The molecule has 0 saturated carbocycles. The van der Waals surface area contributed by atoms with Gasteiger partial charge in [-0.3, -0.25) is 19.8 Å². The number of ether oxygens (including phenoxy) is 2. The topological polar surface area (TPSA) is 175 Å². The van der Waals surface area contributed by atoms with Crippen molar-refractivity contribution in [3.05, 3.63) is 88.1 Å². The highest BCUT2D eigenvalue weighted by Gasteiger charge is 2.19. The van der Waals surface area contributed by atoms with Gasteiger partial charge in [0.15, 0.2) is 0 Å². The highest BCUT2D eigenvalue weighted by molar-refractivity contribution is 6.31. The van der Waals surface area contributed by atoms with Gasteiger partial charge in [-0.15, -0.1) is 0 Å². The maximum Gasteiger partial charge on any atom is 0.426 e. The summed E-state index contributed by atoms with van der Waals surface area (Å²) in [6.45, 7) is 11.5. The van der Waals surface area contributed by atoms with Crippen LogP contribution in [0.15, 0.2) is 60.8 Å². The molecule has 0 fully saturated rings. The van der Waals surface area contributed by atoms with E-state index in [1.54, 1.807) is 32.9 Å². The zero-order valence-electron chi connectivity index (χ0n) is 30.0. The molecule has 2 aromatic carbocycles. The number of pyridine rings is 2. The first-order valence-corrected chi connectivity index (χ1v) is 16.5. The van der Waals surface area contributed by atoms with Crippen molar-refractivity contribution < 1.29 is 28.7 Å². The molecule has 4 aromatic rings. The van der Waals surface area contributed by atoms with E-state index in [4.69, 9.17) is 22.1 Å². The molecule has 0 aliphatic rings. The van der Waals surface area contributed by atoms with Crippen molar-refractivity contribution in [2.24, 2.45) is 0 Å². The van der Waals surface area contributed by atoms with Gasteiger partial charge in [0.2, 0.25) is 6.41 Å². The van der Waals surface area contributed by atoms with Crippen LogP contribution in [0.5, 0.6) is 0 Å². The summed E-state index contributed by atoms with van der Waals surface area (Å²) in [5.74, 6) is 5.66. The van der Waals surface area contributed by atoms with Gasteiger partial charge in [0.05, 0.1) is 28.9 Å². The smallest absolute Gasteiger partial charge is 0.426 e. The lowest BCUT2D eigenvalue weighted by atomic mass is 10.0. The molecule has 4 rings (SSSR count). The Morgan fingerprint density at radius 3 is 2.27 bits per heavy atom. The van der Waals surface area contributed by atoms with Gasteiger partial charge in [-0.25, -0.2) is 20.2 Å². The number of amides is 3. The van der Waals surface area contributed by atoms with Crippen LogP contribution in [-0.4, -0.2) is 53.6 Å². The van der Waals surface area contributed by atoms with Crippen molar-refractivity contribution >= 4 is 52.7 Å². The van der Waals surface area contributed by atoms with Crippen LogP contribution in [0.2, 0.25) is 5.02 Å². The molecule has 0 aliphatic carbocycles. The van der Waals surface area contributed by atoms with E-state index in [1.165, 1.54) is 33.1 Å². The molecule has 2 heterocycles. The highest BCUT2D eigenvalue weighted by Crippen LogP contribution is 2.26. The molecule has 51 heavy (non-hydrogen) atoms. The lowest BCUT2D eigenvalue weighted by molar-refractivity contribution is -0.137.